The van der Waals surface area contributed by atoms with Crippen molar-refractivity contribution in [2.75, 3.05) is 0 Å². The molecule has 0 amide bonds. The van der Waals surface area contributed by atoms with E-state index in [-0.39, 0.29) is 11.9 Å². The molecule has 2 aromatic carbocycles. The van der Waals surface area contributed by atoms with Crippen LogP contribution in [-0.4, -0.2) is 9.55 Å². The predicted octanol–water partition coefficient (Wildman–Crippen LogP) is 7.34. The van der Waals surface area contributed by atoms with Gasteiger partial charge in [0.15, 0.2) is 0 Å². The number of aryl methyl sites for hydroxylation is 2. The number of nitriles is 1. The van der Waals surface area contributed by atoms with E-state index in [0.29, 0.717) is 27.5 Å². The van der Waals surface area contributed by atoms with Gasteiger partial charge in [-0.05, 0) is 44.2 Å². The normalized spacial score (nSPS) is 12.3. The molecule has 0 bridgehead atoms. The molecule has 0 unspecified atom stereocenters. The molecule has 10 heteroatoms. The van der Waals surface area contributed by atoms with E-state index in [1.54, 1.807) is 24.5 Å². The average Bonchev–Trinajstić information content (AvgIpc) is 3.25. The van der Waals surface area contributed by atoms with Crippen molar-refractivity contribution >= 4 is 22.2 Å². The van der Waals surface area contributed by atoms with E-state index in [1.807, 2.05) is 0 Å². The Kier molecular flexibility index (Phi) is 5.48. The van der Waals surface area contributed by atoms with Gasteiger partial charge in [-0.3, -0.25) is 0 Å². The Bertz CT molecular complexity index is 1390. The van der Waals surface area contributed by atoms with E-state index in [4.69, 9.17) is 5.26 Å². The molecule has 4 aromatic rings. The van der Waals surface area contributed by atoms with E-state index in [1.165, 1.54) is 35.6 Å². The summed E-state index contributed by atoms with van der Waals surface area (Å²) in [4.78, 5) is 5.22. The van der Waals surface area contributed by atoms with Crippen molar-refractivity contribution < 1.29 is 26.3 Å². The fourth-order valence-corrected chi connectivity index (χ4v) is 4.78. The van der Waals surface area contributed by atoms with Gasteiger partial charge in [0.1, 0.15) is 5.01 Å². The zero-order chi connectivity index (χ0) is 24.1. The van der Waals surface area contributed by atoms with Gasteiger partial charge in [0.05, 0.1) is 35.0 Å². The molecular weight excluding hydrogens is 464 g/mol. The van der Waals surface area contributed by atoms with Crippen LogP contribution in [0.1, 0.15) is 33.0 Å². The summed E-state index contributed by atoms with van der Waals surface area (Å²) in [6.07, 6.45) is -9.12. The second-order valence-electron chi connectivity index (χ2n) is 7.51. The minimum Gasteiger partial charge on any atom is -0.340 e. The van der Waals surface area contributed by atoms with Gasteiger partial charge >= 0.3 is 12.4 Å². The van der Waals surface area contributed by atoms with Crippen LogP contribution in [-0.2, 0) is 18.9 Å². The van der Waals surface area contributed by atoms with Gasteiger partial charge in [-0.15, -0.1) is 11.3 Å². The van der Waals surface area contributed by atoms with Crippen LogP contribution in [0.5, 0.6) is 0 Å². The number of thiazole rings is 1. The third-order valence-corrected chi connectivity index (χ3v) is 6.54. The first-order chi connectivity index (χ1) is 15.4. The number of rotatable bonds is 3. The first-order valence-electron chi connectivity index (χ1n) is 9.64. The molecular formula is C23H15F6N3S. The summed E-state index contributed by atoms with van der Waals surface area (Å²) >= 11 is 1.27. The second kappa shape index (κ2) is 7.92. The van der Waals surface area contributed by atoms with Crippen LogP contribution in [0.4, 0.5) is 26.3 Å². The first kappa shape index (κ1) is 22.9. The van der Waals surface area contributed by atoms with Crippen molar-refractivity contribution in [3.8, 4) is 16.6 Å². The van der Waals surface area contributed by atoms with E-state index in [2.05, 4.69) is 4.98 Å². The zero-order valence-electron chi connectivity index (χ0n) is 17.3. The molecule has 3 nitrogen and oxygen atoms in total. The van der Waals surface area contributed by atoms with Gasteiger partial charge in [-0.2, -0.15) is 31.6 Å². The number of alkyl halides is 6. The molecule has 2 heterocycles. The molecule has 2 aromatic heterocycles. The fourth-order valence-electron chi connectivity index (χ4n) is 3.72. The number of halogens is 6. The van der Waals surface area contributed by atoms with Crippen LogP contribution >= 0.6 is 11.3 Å². The minimum absolute atomic E-state index is 0.0517. The van der Waals surface area contributed by atoms with E-state index in [0.717, 1.165) is 23.1 Å². The topological polar surface area (TPSA) is 41.6 Å². The monoisotopic (exact) mass is 479 g/mol. The lowest BCUT2D eigenvalue weighted by Crippen LogP contribution is -2.09. The number of benzene rings is 2. The molecule has 0 saturated carbocycles. The van der Waals surface area contributed by atoms with Crippen LogP contribution in [0, 0.1) is 25.2 Å². The van der Waals surface area contributed by atoms with Crippen LogP contribution in [0.15, 0.2) is 42.5 Å². The lowest BCUT2D eigenvalue weighted by atomic mass is 10.0. The standard InChI is InChI=1S/C23H15F6N3S/c1-12-9-17-18(8-5-15(10-30)20(17)23(27,28)29)32(12)11-19-13(2)31-21(33-19)14-3-6-16(7-4-14)22(24,25)26/h3-9H,11H2,1-2H3. The Labute approximate surface area is 188 Å². The first-order valence-corrected chi connectivity index (χ1v) is 10.5. The zero-order valence-corrected chi connectivity index (χ0v) is 18.1. The molecule has 4 rings (SSSR count). The van der Waals surface area contributed by atoms with Crippen molar-refractivity contribution in [3.05, 3.63) is 75.4 Å². The highest BCUT2D eigenvalue weighted by molar-refractivity contribution is 7.15. The Balaban J connectivity index is 1.74. The lowest BCUT2D eigenvalue weighted by molar-refractivity contribution is -0.138. The minimum atomic E-state index is -4.68. The van der Waals surface area contributed by atoms with Crippen molar-refractivity contribution in [2.24, 2.45) is 0 Å². The van der Waals surface area contributed by atoms with E-state index >= 15 is 0 Å². The van der Waals surface area contributed by atoms with Crippen LogP contribution in [0.2, 0.25) is 0 Å². The number of aromatic nitrogens is 2. The number of hydrogen-bond donors (Lipinski definition) is 0. The Morgan fingerprint density at radius 3 is 2.21 bits per heavy atom. The quantitative estimate of drug-likeness (QED) is 0.289. The molecule has 0 atom stereocenters. The van der Waals surface area contributed by atoms with Crippen molar-refractivity contribution in [3.63, 3.8) is 0 Å². The average molecular weight is 479 g/mol. The molecule has 0 N–H and O–H groups in total. The van der Waals surface area contributed by atoms with Gasteiger partial charge in [0, 0.05) is 27.0 Å². The maximum atomic E-state index is 13.7. The molecule has 0 aliphatic rings. The maximum Gasteiger partial charge on any atom is 0.418 e. The summed E-state index contributed by atoms with van der Waals surface area (Å²) in [6.45, 7) is 3.66. The molecule has 0 spiro atoms. The summed E-state index contributed by atoms with van der Waals surface area (Å²) in [5.41, 5.74) is -0.0830. The fraction of sp³-hybridized carbons (Fsp3) is 0.217. The maximum absolute atomic E-state index is 13.7. The van der Waals surface area contributed by atoms with Gasteiger partial charge < -0.3 is 4.57 Å². The summed E-state index contributed by atoms with van der Waals surface area (Å²) in [7, 11) is 0. The molecule has 0 aliphatic heterocycles. The highest BCUT2D eigenvalue weighted by atomic mass is 32.1. The Morgan fingerprint density at radius 1 is 0.970 bits per heavy atom. The van der Waals surface area contributed by atoms with Crippen molar-refractivity contribution in [1.29, 1.82) is 5.26 Å². The van der Waals surface area contributed by atoms with Crippen LogP contribution in [0.25, 0.3) is 21.5 Å². The summed E-state index contributed by atoms with van der Waals surface area (Å²) in [6, 6.07) is 10.3. The third-order valence-electron chi connectivity index (χ3n) is 5.35. The second-order valence-corrected chi connectivity index (χ2v) is 8.59. The van der Waals surface area contributed by atoms with E-state index in [9.17, 15) is 26.3 Å². The van der Waals surface area contributed by atoms with Gasteiger partial charge in [0.25, 0.3) is 0 Å². The molecule has 0 fully saturated rings. The summed E-state index contributed by atoms with van der Waals surface area (Å²) in [5.74, 6) is 0. The lowest BCUT2D eigenvalue weighted by Gasteiger charge is -2.12. The smallest absolute Gasteiger partial charge is 0.340 e. The number of fused-ring (bicyclic) bond motifs is 1. The summed E-state index contributed by atoms with van der Waals surface area (Å²) < 4.78 is 81.1. The summed E-state index contributed by atoms with van der Waals surface area (Å²) in [5, 5.41) is 9.61. The van der Waals surface area contributed by atoms with Crippen LogP contribution < -0.4 is 0 Å². The van der Waals surface area contributed by atoms with Gasteiger partial charge in [0.2, 0.25) is 0 Å². The van der Waals surface area contributed by atoms with Crippen molar-refractivity contribution in [1.82, 2.24) is 9.55 Å². The van der Waals surface area contributed by atoms with Gasteiger partial charge in [-0.1, -0.05) is 12.1 Å². The van der Waals surface area contributed by atoms with Gasteiger partial charge in [-0.25, -0.2) is 4.98 Å². The predicted molar refractivity (Wildman–Crippen MR) is 113 cm³/mol. The Morgan fingerprint density at radius 2 is 1.64 bits per heavy atom. The highest BCUT2D eigenvalue weighted by Gasteiger charge is 2.36. The highest BCUT2D eigenvalue weighted by Crippen LogP contribution is 2.39. The number of hydrogen-bond acceptors (Lipinski definition) is 3. The molecule has 0 saturated heterocycles. The molecule has 0 aliphatic carbocycles. The molecule has 0 radical (unpaired) electrons. The van der Waals surface area contributed by atoms with E-state index < -0.39 is 29.0 Å². The molecule has 33 heavy (non-hydrogen) atoms. The van der Waals surface area contributed by atoms with Crippen LogP contribution in [0.3, 0.4) is 0 Å². The molecule has 170 valence electrons. The Hall–Kier alpha value is -3.32. The van der Waals surface area contributed by atoms with Crippen molar-refractivity contribution in [2.45, 2.75) is 32.7 Å². The number of nitrogens with zero attached hydrogens (tertiary/aromatic N) is 3. The SMILES string of the molecule is Cc1nc(-c2ccc(C(F)(F)F)cc2)sc1Cn1c(C)cc2c(C(F)(F)F)c(C#N)ccc21. The third kappa shape index (κ3) is 4.20. The largest absolute Gasteiger partial charge is 0.418 e.